The van der Waals surface area contributed by atoms with E-state index in [-0.39, 0.29) is 5.54 Å². The van der Waals surface area contributed by atoms with Crippen LogP contribution in [0.3, 0.4) is 0 Å². The van der Waals surface area contributed by atoms with E-state index < -0.39 is 0 Å². The van der Waals surface area contributed by atoms with Crippen LogP contribution in [-0.4, -0.2) is 23.8 Å². The highest BCUT2D eigenvalue weighted by atomic mass is 79.9. The number of aliphatic hydroxyl groups excluding tert-OH is 1. The molecular formula is C16H24BrNO. The average molecular weight is 326 g/mol. The molecule has 0 spiro atoms. The third-order valence-electron chi connectivity index (χ3n) is 4.28. The lowest BCUT2D eigenvalue weighted by Gasteiger charge is -2.47. The normalized spacial score (nSPS) is 22.6. The SMILES string of the molecule is Cc1ccc(N2CCC(CCO)CC2(C)C)cc1Br. The Morgan fingerprint density at radius 2 is 2.16 bits per heavy atom. The van der Waals surface area contributed by atoms with Gasteiger partial charge in [0.1, 0.15) is 0 Å². The molecule has 0 amide bonds. The Labute approximate surface area is 124 Å². The molecule has 1 atom stereocenters. The van der Waals surface area contributed by atoms with Crippen LogP contribution in [-0.2, 0) is 0 Å². The third kappa shape index (κ3) is 3.32. The van der Waals surface area contributed by atoms with E-state index in [1.165, 1.54) is 22.1 Å². The van der Waals surface area contributed by atoms with Gasteiger partial charge >= 0.3 is 0 Å². The van der Waals surface area contributed by atoms with Gasteiger partial charge < -0.3 is 10.0 Å². The number of piperidine rings is 1. The lowest BCUT2D eigenvalue weighted by molar-refractivity contribution is 0.205. The molecule has 106 valence electrons. The van der Waals surface area contributed by atoms with Gasteiger partial charge in [0.15, 0.2) is 0 Å². The summed E-state index contributed by atoms with van der Waals surface area (Å²) < 4.78 is 1.18. The van der Waals surface area contributed by atoms with Gasteiger partial charge in [0.05, 0.1) is 0 Å². The average Bonchev–Trinajstić information content (AvgIpc) is 2.32. The molecular weight excluding hydrogens is 302 g/mol. The maximum Gasteiger partial charge on any atom is 0.0433 e. The van der Waals surface area contributed by atoms with Gasteiger partial charge in [0, 0.05) is 28.9 Å². The summed E-state index contributed by atoms with van der Waals surface area (Å²) in [6, 6.07) is 6.62. The molecule has 1 saturated heterocycles. The van der Waals surface area contributed by atoms with Crippen LogP contribution in [0, 0.1) is 12.8 Å². The molecule has 0 saturated carbocycles. The fourth-order valence-corrected chi connectivity index (χ4v) is 3.56. The molecule has 3 heteroatoms. The second kappa shape index (κ2) is 5.84. The van der Waals surface area contributed by atoms with Crippen molar-refractivity contribution in [3.05, 3.63) is 28.2 Å². The van der Waals surface area contributed by atoms with Crippen molar-refractivity contribution >= 4 is 21.6 Å². The molecule has 1 fully saturated rings. The summed E-state index contributed by atoms with van der Waals surface area (Å²) in [6.07, 6.45) is 3.27. The number of hydrogen-bond donors (Lipinski definition) is 1. The Balaban J connectivity index is 2.18. The molecule has 1 aromatic carbocycles. The van der Waals surface area contributed by atoms with Crippen LogP contribution >= 0.6 is 15.9 Å². The molecule has 1 unspecified atom stereocenters. The fraction of sp³-hybridized carbons (Fsp3) is 0.625. The highest BCUT2D eigenvalue weighted by Gasteiger charge is 2.34. The first-order chi connectivity index (χ1) is 8.94. The smallest absolute Gasteiger partial charge is 0.0433 e. The molecule has 2 nitrogen and oxygen atoms in total. The molecule has 0 aliphatic carbocycles. The second-order valence-corrected chi connectivity index (χ2v) is 7.12. The zero-order chi connectivity index (χ0) is 14.0. The fourth-order valence-electron chi connectivity index (χ4n) is 3.19. The van der Waals surface area contributed by atoms with Crippen LogP contribution in [0.15, 0.2) is 22.7 Å². The van der Waals surface area contributed by atoms with E-state index in [2.05, 4.69) is 59.8 Å². The van der Waals surface area contributed by atoms with Crippen molar-refractivity contribution in [2.75, 3.05) is 18.1 Å². The molecule has 19 heavy (non-hydrogen) atoms. The minimum absolute atomic E-state index is 0.160. The molecule has 1 heterocycles. The van der Waals surface area contributed by atoms with Crippen LogP contribution < -0.4 is 4.90 Å². The van der Waals surface area contributed by atoms with E-state index in [4.69, 9.17) is 5.11 Å². The number of rotatable bonds is 3. The van der Waals surface area contributed by atoms with Gasteiger partial charge in [-0.15, -0.1) is 0 Å². The topological polar surface area (TPSA) is 23.5 Å². The van der Waals surface area contributed by atoms with E-state index >= 15 is 0 Å². The van der Waals surface area contributed by atoms with Gasteiger partial charge in [-0.25, -0.2) is 0 Å². The van der Waals surface area contributed by atoms with Crippen LogP contribution in [0.4, 0.5) is 5.69 Å². The zero-order valence-electron chi connectivity index (χ0n) is 12.1. The Hall–Kier alpha value is -0.540. The van der Waals surface area contributed by atoms with E-state index in [9.17, 15) is 0 Å². The predicted octanol–water partition coefficient (Wildman–Crippen LogP) is 4.13. The predicted molar refractivity (Wildman–Crippen MR) is 84.7 cm³/mol. The quantitative estimate of drug-likeness (QED) is 0.902. The van der Waals surface area contributed by atoms with Gasteiger partial charge in [-0.2, -0.15) is 0 Å². The first kappa shape index (κ1) is 14.9. The monoisotopic (exact) mass is 325 g/mol. The number of anilines is 1. The van der Waals surface area contributed by atoms with Crippen molar-refractivity contribution < 1.29 is 5.11 Å². The summed E-state index contributed by atoms with van der Waals surface area (Å²) in [7, 11) is 0. The van der Waals surface area contributed by atoms with Crippen LogP contribution in [0.1, 0.15) is 38.7 Å². The lowest BCUT2D eigenvalue weighted by Crippen LogP contribution is -2.50. The Bertz CT molecular complexity index is 444. The van der Waals surface area contributed by atoms with E-state index in [0.717, 1.165) is 19.4 Å². The summed E-state index contributed by atoms with van der Waals surface area (Å²) in [4.78, 5) is 2.51. The van der Waals surface area contributed by atoms with Gasteiger partial charge in [-0.05, 0) is 63.6 Å². The van der Waals surface area contributed by atoms with Gasteiger partial charge in [0.25, 0.3) is 0 Å². The van der Waals surface area contributed by atoms with Gasteiger partial charge in [0.2, 0.25) is 0 Å². The van der Waals surface area contributed by atoms with Crippen molar-refractivity contribution in [2.24, 2.45) is 5.92 Å². The van der Waals surface area contributed by atoms with Gasteiger partial charge in [-0.3, -0.25) is 0 Å². The van der Waals surface area contributed by atoms with Crippen molar-refractivity contribution in [3.63, 3.8) is 0 Å². The van der Waals surface area contributed by atoms with E-state index in [1.54, 1.807) is 0 Å². The summed E-state index contributed by atoms with van der Waals surface area (Å²) in [6.45, 7) is 8.13. The summed E-state index contributed by atoms with van der Waals surface area (Å²) in [5, 5.41) is 9.12. The first-order valence-corrected chi connectivity index (χ1v) is 7.88. The summed E-state index contributed by atoms with van der Waals surface area (Å²) in [5.41, 5.74) is 2.73. The van der Waals surface area contributed by atoms with Gasteiger partial charge in [-0.1, -0.05) is 22.0 Å². The minimum atomic E-state index is 0.160. The Kier molecular flexibility index (Phi) is 4.57. The molecule has 1 N–H and O–H groups in total. The standard InChI is InChI=1S/C16H24BrNO/c1-12-4-5-14(10-15(12)17)18-8-6-13(7-9-19)11-16(18,2)3/h4-5,10,13,19H,6-9,11H2,1-3H3. The maximum absolute atomic E-state index is 9.12. The first-order valence-electron chi connectivity index (χ1n) is 7.08. The number of halogens is 1. The van der Waals surface area contributed by atoms with E-state index in [0.29, 0.717) is 12.5 Å². The number of aryl methyl sites for hydroxylation is 1. The number of aliphatic hydroxyl groups is 1. The lowest BCUT2D eigenvalue weighted by atomic mass is 9.81. The zero-order valence-corrected chi connectivity index (χ0v) is 13.7. The largest absolute Gasteiger partial charge is 0.396 e. The minimum Gasteiger partial charge on any atom is -0.396 e. The molecule has 1 aliphatic heterocycles. The van der Waals surface area contributed by atoms with Crippen molar-refractivity contribution in [1.82, 2.24) is 0 Å². The summed E-state index contributed by atoms with van der Waals surface area (Å²) >= 11 is 3.63. The molecule has 0 radical (unpaired) electrons. The second-order valence-electron chi connectivity index (χ2n) is 6.27. The maximum atomic E-state index is 9.12. The number of nitrogens with zero attached hydrogens (tertiary/aromatic N) is 1. The highest BCUT2D eigenvalue weighted by Crippen LogP contribution is 2.37. The Morgan fingerprint density at radius 3 is 2.74 bits per heavy atom. The molecule has 1 aromatic rings. The highest BCUT2D eigenvalue weighted by molar-refractivity contribution is 9.10. The molecule has 0 aromatic heterocycles. The molecule has 1 aliphatic rings. The molecule has 2 rings (SSSR count). The molecule has 0 bridgehead atoms. The van der Waals surface area contributed by atoms with Crippen LogP contribution in [0.2, 0.25) is 0 Å². The van der Waals surface area contributed by atoms with Crippen molar-refractivity contribution in [2.45, 2.75) is 45.6 Å². The van der Waals surface area contributed by atoms with Crippen LogP contribution in [0.25, 0.3) is 0 Å². The van der Waals surface area contributed by atoms with E-state index in [1.807, 2.05) is 0 Å². The number of benzene rings is 1. The summed E-state index contributed by atoms with van der Waals surface area (Å²) in [5.74, 6) is 0.658. The van der Waals surface area contributed by atoms with Crippen LogP contribution in [0.5, 0.6) is 0 Å². The Morgan fingerprint density at radius 1 is 1.42 bits per heavy atom. The van der Waals surface area contributed by atoms with Crippen molar-refractivity contribution in [1.29, 1.82) is 0 Å². The van der Waals surface area contributed by atoms with Crippen molar-refractivity contribution in [3.8, 4) is 0 Å². The number of hydrogen-bond acceptors (Lipinski definition) is 2. The third-order valence-corrected chi connectivity index (χ3v) is 5.14.